The molecule has 1 heterocycles. The van der Waals surface area contributed by atoms with Gasteiger partial charge in [-0.1, -0.05) is 47.6 Å². The Hall–Kier alpha value is -3.91. The van der Waals surface area contributed by atoms with Crippen LogP contribution in [0.4, 0.5) is 17.2 Å². The van der Waals surface area contributed by atoms with Gasteiger partial charge in [0, 0.05) is 11.5 Å². The molecular weight excluding hydrogens is 492 g/mol. The fourth-order valence-corrected chi connectivity index (χ4v) is 4.78. The predicted octanol–water partition coefficient (Wildman–Crippen LogP) is 6.11. The quantitative estimate of drug-likeness (QED) is 0.357. The van der Waals surface area contributed by atoms with E-state index in [0.717, 1.165) is 5.56 Å². The number of nitriles is 1. The van der Waals surface area contributed by atoms with Crippen molar-refractivity contribution >= 4 is 27.2 Å². The van der Waals surface area contributed by atoms with Gasteiger partial charge in [-0.25, -0.2) is 8.42 Å². The number of methoxy groups -OCH3 is 2. The zero-order chi connectivity index (χ0) is 27.6. The van der Waals surface area contributed by atoms with Crippen molar-refractivity contribution < 1.29 is 17.9 Å². The highest BCUT2D eigenvalue weighted by Crippen LogP contribution is 2.37. The first kappa shape index (κ1) is 27.7. The van der Waals surface area contributed by atoms with E-state index in [1.54, 1.807) is 18.2 Å². The minimum Gasteiger partial charge on any atom is -0.497 e. The number of nitrogens with zero attached hydrogens (tertiary/aromatic N) is 4. The molecule has 0 amide bonds. The Balaban J connectivity index is 2.11. The van der Waals surface area contributed by atoms with Crippen LogP contribution in [0.3, 0.4) is 0 Å². The number of hydrogen-bond donors (Lipinski definition) is 2. The Morgan fingerprint density at radius 2 is 1.68 bits per heavy atom. The normalized spacial score (nSPS) is 12.4. The van der Waals surface area contributed by atoms with Crippen molar-refractivity contribution in [3.05, 3.63) is 53.2 Å². The standard InChI is InChI=1S/C26H32N6O4S/c1-25(2,3)16-9-11-19(32-37(33,34)22-14-17(35-7)10-12-21(22)36-8)20(13-16)28-30-24-18(15-27)23(29-31-24)26(4,5)6/h9-14,32H,1-8H3,(H,29,31). The Kier molecular flexibility index (Phi) is 7.64. The van der Waals surface area contributed by atoms with E-state index < -0.39 is 10.0 Å². The average Bonchev–Trinajstić information content (AvgIpc) is 3.25. The van der Waals surface area contributed by atoms with Gasteiger partial charge in [-0.05, 0) is 35.2 Å². The molecule has 0 aliphatic carbocycles. The summed E-state index contributed by atoms with van der Waals surface area (Å²) in [7, 11) is -1.26. The number of aromatic nitrogens is 2. The number of rotatable bonds is 7. The number of nitrogens with one attached hydrogen (secondary N) is 2. The fourth-order valence-electron chi connectivity index (χ4n) is 3.52. The molecule has 2 N–H and O–H groups in total. The van der Waals surface area contributed by atoms with Crippen LogP contribution in [0, 0.1) is 11.3 Å². The first-order valence-electron chi connectivity index (χ1n) is 11.5. The molecule has 11 heteroatoms. The lowest BCUT2D eigenvalue weighted by Crippen LogP contribution is -2.15. The second-order valence-corrected chi connectivity index (χ2v) is 12.1. The van der Waals surface area contributed by atoms with Crippen molar-refractivity contribution in [3.8, 4) is 17.6 Å². The molecule has 0 saturated heterocycles. The molecule has 0 atom stereocenters. The maximum atomic E-state index is 13.4. The van der Waals surface area contributed by atoms with E-state index in [9.17, 15) is 13.7 Å². The van der Waals surface area contributed by atoms with E-state index in [4.69, 9.17) is 9.47 Å². The molecule has 0 saturated carbocycles. The number of aromatic amines is 1. The molecule has 0 fully saturated rings. The minimum absolute atomic E-state index is 0.0916. The molecule has 3 rings (SSSR count). The van der Waals surface area contributed by atoms with Gasteiger partial charge >= 0.3 is 0 Å². The fraction of sp³-hybridized carbons (Fsp3) is 0.385. The number of sulfonamides is 1. The van der Waals surface area contributed by atoms with Crippen LogP contribution in [-0.2, 0) is 20.9 Å². The summed E-state index contributed by atoms with van der Waals surface area (Å²) in [5.74, 6) is 0.644. The molecule has 37 heavy (non-hydrogen) atoms. The lowest BCUT2D eigenvalue weighted by molar-refractivity contribution is 0.392. The third-order valence-corrected chi connectivity index (χ3v) is 7.02. The molecule has 2 aromatic carbocycles. The number of benzene rings is 2. The molecule has 0 radical (unpaired) electrons. The Labute approximate surface area is 217 Å². The number of hydrogen-bond acceptors (Lipinski definition) is 8. The Morgan fingerprint density at radius 3 is 2.24 bits per heavy atom. The number of H-pyrrole nitrogens is 1. The molecule has 0 spiro atoms. The smallest absolute Gasteiger partial charge is 0.265 e. The number of anilines is 1. The molecule has 0 bridgehead atoms. The van der Waals surface area contributed by atoms with Crippen LogP contribution in [0.5, 0.6) is 11.5 Å². The third-order valence-electron chi connectivity index (χ3n) is 5.63. The van der Waals surface area contributed by atoms with E-state index in [1.165, 1.54) is 26.4 Å². The zero-order valence-corrected chi connectivity index (χ0v) is 23.1. The van der Waals surface area contributed by atoms with Gasteiger partial charge in [0.05, 0.1) is 25.6 Å². The summed E-state index contributed by atoms with van der Waals surface area (Å²) < 4.78 is 39.8. The summed E-state index contributed by atoms with van der Waals surface area (Å²) in [6.07, 6.45) is 0. The molecular formula is C26H32N6O4S. The van der Waals surface area contributed by atoms with E-state index in [2.05, 4.69) is 31.2 Å². The first-order valence-corrected chi connectivity index (χ1v) is 13.0. The second-order valence-electron chi connectivity index (χ2n) is 10.5. The molecule has 0 aliphatic rings. The van der Waals surface area contributed by atoms with Gasteiger partial charge in [0.25, 0.3) is 10.0 Å². The zero-order valence-electron chi connectivity index (χ0n) is 22.3. The van der Waals surface area contributed by atoms with Crippen LogP contribution in [0.25, 0.3) is 0 Å². The van der Waals surface area contributed by atoms with Crippen LogP contribution in [-0.4, -0.2) is 32.8 Å². The van der Waals surface area contributed by atoms with Crippen molar-refractivity contribution in [3.63, 3.8) is 0 Å². The van der Waals surface area contributed by atoms with Gasteiger partial charge in [0.1, 0.15) is 33.7 Å². The summed E-state index contributed by atoms with van der Waals surface area (Å²) in [5.41, 5.74) is 1.72. The summed E-state index contributed by atoms with van der Waals surface area (Å²) in [5, 5.41) is 25.3. The van der Waals surface area contributed by atoms with Crippen LogP contribution in [0.2, 0.25) is 0 Å². The molecule has 10 nitrogen and oxygen atoms in total. The maximum Gasteiger partial charge on any atom is 0.265 e. The van der Waals surface area contributed by atoms with Gasteiger partial charge in [0.15, 0.2) is 0 Å². The van der Waals surface area contributed by atoms with Gasteiger partial charge < -0.3 is 9.47 Å². The Morgan fingerprint density at radius 1 is 0.973 bits per heavy atom. The van der Waals surface area contributed by atoms with Crippen molar-refractivity contribution in [2.45, 2.75) is 57.3 Å². The molecule has 3 aromatic rings. The van der Waals surface area contributed by atoms with Gasteiger partial charge in [-0.15, -0.1) is 10.2 Å². The molecule has 0 aliphatic heterocycles. The van der Waals surface area contributed by atoms with Crippen LogP contribution < -0.4 is 14.2 Å². The number of azo groups is 1. The van der Waals surface area contributed by atoms with E-state index in [1.807, 2.05) is 47.6 Å². The highest BCUT2D eigenvalue weighted by Gasteiger charge is 2.25. The van der Waals surface area contributed by atoms with Gasteiger partial charge in [-0.3, -0.25) is 9.82 Å². The minimum atomic E-state index is -4.10. The highest BCUT2D eigenvalue weighted by molar-refractivity contribution is 7.92. The molecule has 1 aromatic heterocycles. The lowest BCUT2D eigenvalue weighted by Gasteiger charge is -2.20. The lowest BCUT2D eigenvalue weighted by atomic mass is 9.87. The summed E-state index contributed by atoms with van der Waals surface area (Å²) >= 11 is 0. The van der Waals surface area contributed by atoms with Crippen molar-refractivity contribution in [2.24, 2.45) is 10.2 Å². The van der Waals surface area contributed by atoms with E-state index in [-0.39, 0.29) is 44.2 Å². The van der Waals surface area contributed by atoms with Crippen LogP contribution in [0.15, 0.2) is 51.5 Å². The highest BCUT2D eigenvalue weighted by atomic mass is 32.2. The molecule has 0 unspecified atom stereocenters. The molecule has 196 valence electrons. The summed E-state index contributed by atoms with van der Waals surface area (Å²) in [4.78, 5) is -0.0916. The third kappa shape index (κ3) is 6.09. The topological polar surface area (TPSA) is 142 Å². The van der Waals surface area contributed by atoms with Crippen molar-refractivity contribution in [1.82, 2.24) is 10.2 Å². The van der Waals surface area contributed by atoms with E-state index >= 15 is 0 Å². The van der Waals surface area contributed by atoms with Crippen LogP contribution >= 0.6 is 0 Å². The largest absolute Gasteiger partial charge is 0.497 e. The second kappa shape index (κ2) is 10.2. The van der Waals surface area contributed by atoms with Crippen molar-refractivity contribution in [2.75, 3.05) is 18.9 Å². The first-order chi connectivity index (χ1) is 17.2. The summed E-state index contributed by atoms with van der Waals surface area (Å²) in [6.45, 7) is 12.0. The number of ether oxygens (including phenoxy) is 2. The maximum absolute atomic E-state index is 13.4. The van der Waals surface area contributed by atoms with Gasteiger partial charge in [0.2, 0.25) is 5.82 Å². The van der Waals surface area contributed by atoms with Crippen LogP contribution in [0.1, 0.15) is 58.4 Å². The monoisotopic (exact) mass is 524 g/mol. The predicted molar refractivity (Wildman–Crippen MR) is 142 cm³/mol. The SMILES string of the molecule is COc1ccc(OC)c(S(=O)(=O)Nc2ccc(C(C)(C)C)cc2N=Nc2n[nH]c(C(C)(C)C)c2C#N)c1. The Bertz CT molecular complexity index is 1470. The van der Waals surface area contributed by atoms with Crippen molar-refractivity contribution in [1.29, 1.82) is 5.26 Å². The summed E-state index contributed by atoms with van der Waals surface area (Å²) in [6, 6.07) is 11.9. The van der Waals surface area contributed by atoms with Gasteiger partial charge in [-0.2, -0.15) is 10.4 Å². The average molecular weight is 525 g/mol. The van der Waals surface area contributed by atoms with E-state index in [0.29, 0.717) is 11.4 Å².